The van der Waals surface area contributed by atoms with Gasteiger partial charge in [0.05, 0.1) is 18.5 Å². The van der Waals surface area contributed by atoms with E-state index in [4.69, 9.17) is 9.47 Å². The molecule has 1 atom stereocenters. The predicted molar refractivity (Wildman–Crippen MR) is 150 cm³/mol. The fourth-order valence-electron chi connectivity index (χ4n) is 5.46. The van der Waals surface area contributed by atoms with Crippen LogP contribution in [0.1, 0.15) is 52.9 Å². The van der Waals surface area contributed by atoms with Crippen LogP contribution in [0, 0.1) is 11.7 Å². The third-order valence-corrected chi connectivity index (χ3v) is 7.68. The highest BCUT2D eigenvalue weighted by atomic mass is 19.1. The normalized spacial score (nSPS) is 21.6. The van der Waals surface area contributed by atoms with Gasteiger partial charge in [0.25, 0.3) is 0 Å². The second kappa shape index (κ2) is 13.0. The molecule has 1 aromatic rings. The van der Waals surface area contributed by atoms with Crippen molar-refractivity contribution in [3.8, 4) is 5.75 Å². The standard InChI is InChI=1S/C28H43FN6O5/c1-28(2,3)40-27(38)32-35-13-10-19(11-14-35)9-12-33-15-17-34(18-16-33)22-7-5-20(24(29)25(22)39-4)30-21-6-8-23(36)31-26(21)37/h5,7,19,21,30H,6,8-18H2,1-4H3,(H,32,38)(H,31,36,37). The number of hydrazine groups is 1. The number of ether oxygens (including phenoxy) is 2. The van der Waals surface area contributed by atoms with Crippen molar-refractivity contribution >= 4 is 29.3 Å². The lowest BCUT2D eigenvalue weighted by Gasteiger charge is -2.38. The third-order valence-electron chi connectivity index (χ3n) is 7.68. The van der Waals surface area contributed by atoms with Crippen molar-refractivity contribution in [1.82, 2.24) is 20.7 Å². The molecule has 3 fully saturated rings. The van der Waals surface area contributed by atoms with Gasteiger partial charge in [0.15, 0.2) is 11.6 Å². The number of piperazine rings is 1. The van der Waals surface area contributed by atoms with Gasteiger partial charge in [0, 0.05) is 45.7 Å². The molecule has 0 bridgehead atoms. The number of rotatable bonds is 8. The highest BCUT2D eigenvalue weighted by molar-refractivity contribution is 6.01. The molecule has 40 heavy (non-hydrogen) atoms. The van der Waals surface area contributed by atoms with Crippen LogP contribution in [0.3, 0.4) is 0 Å². The highest BCUT2D eigenvalue weighted by Gasteiger charge is 2.29. The number of benzene rings is 1. The molecule has 3 aliphatic rings. The molecule has 3 N–H and O–H groups in total. The van der Waals surface area contributed by atoms with E-state index in [1.54, 1.807) is 6.07 Å². The van der Waals surface area contributed by atoms with Crippen LogP contribution in [0.25, 0.3) is 0 Å². The lowest BCUT2D eigenvalue weighted by molar-refractivity contribution is -0.133. The van der Waals surface area contributed by atoms with Crippen molar-refractivity contribution < 1.29 is 28.2 Å². The Hall–Kier alpha value is -3.12. The van der Waals surface area contributed by atoms with Crippen molar-refractivity contribution in [3.63, 3.8) is 0 Å². The molecule has 1 unspecified atom stereocenters. The molecule has 3 amide bonds. The van der Waals surface area contributed by atoms with Gasteiger partial charge in [-0.1, -0.05) is 0 Å². The van der Waals surface area contributed by atoms with E-state index < -0.39 is 29.5 Å². The molecule has 0 aromatic heterocycles. The van der Waals surface area contributed by atoms with E-state index in [9.17, 15) is 14.4 Å². The van der Waals surface area contributed by atoms with Gasteiger partial charge in [0.2, 0.25) is 11.8 Å². The van der Waals surface area contributed by atoms with Crippen LogP contribution in [-0.2, 0) is 14.3 Å². The Kier molecular flexibility index (Phi) is 9.72. The maximum Gasteiger partial charge on any atom is 0.422 e. The molecule has 3 heterocycles. The van der Waals surface area contributed by atoms with Crippen LogP contribution >= 0.6 is 0 Å². The van der Waals surface area contributed by atoms with Gasteiger partial charge in [-0.2, -0.15) is 0 Å². The van der Waals surface area contributed by atoms with Crippen LogP contribution in [0.2, 0.25) is 0 Å². The topological polar surface area (TPSA) is 115 Å². The summed E-state index contributed by atoms with van der Waals surface area (Å²) in [5, 5.41) is 7.15. The minimum absolute atomic E-state index is 0.150. The number of amides is 3. The molecule has 4 rings (SSSR count). The maximum atomic E-state index is 15.4. The largest absolute Gasteiger partial charge is 0.492 e. The molecule has 0 radical (unpaired) electrons. The summed E-state index contributed by atoms with van der Waals surface area (Å²) < 4.78 is 26.2. The summed E-state index contributed by atoms with van der Waals surface area (Å²) in [6, 6.07) is 2.79. The molecule has 12 heteroatoms. The van der Waals surface area contributed by atoms with Crippen LogP contribution in [-0.4, -0.2) is 92.4 Å². The average molecular weight is 563 g/mol. The van der Waals surface area contributed by atoms with Crippen molar-refractivity contribution in [2.75, 3.05) is 63.1 Å². The molecule has 1 aromatic carbocycles. The zero-order valence-corrected chi connectivity index (χ0v) is 24.1. The first-order valence-corrected chi connectivity index (χ1v) is 14.2. The first-order valence-electron chi connectivity index (χ1n) is 14.2. The van der Waals surface area contributed by atoms with Gasteiger partial charge in [-0.15, -0.1) is 0 Å². The number of hydrogen-bond donors (Lipinski definition) is 3. The number of hydrogen-bond acceptors (Lipinski definition) is 9. The molecule has 0 spiro atoms. The number of piperidine rings is 2. The molecular weight excluding hydrogens is 519 g/mol. The number of nitrogens with zero attached hydrogens (tertiary/aromatic N) is 3. The van der Waals surface area contributed by atoms with E-state index in [0.717, 1.165) is 65.1 Å². The van der Waals surface area contributed by atoms with Gasteiger partial charge in [0.1, 0.15) is 11.6 Å². The second-order valence-electron chi connectivity index (χ2n) is 11.8. The minimum atomic E-state index is -0.667. The number of nitrogens with one attached hydrogen (secondary N) is 3. The van der Waals surface area contributed by atoms with Gasteiger partial charge in [-0.3, -0.25) is 25.2 Å². The molecule has 222 valence electrons. The molecule has 0 saturated carbocycles. The van der Waals surface area contributed by atoms with Crippen LogP contribution in [0.5, 0.6) is 5.75 Å². The Morgan fingerprint density at radius 1 is 1.07 bits per heavy atom. The van der Waals surface area contributed by atoms with Gasteiger partial charge in [-0.05, 0) is 71.0 Å². The van der Waals surface area contributed by atoms with Crippen molar-refractivity contribution in [1.29, 1.82) is 0 Å². The first kappa shape index (κ1) is 29.9. The Bertz CT molecular complexity index is 1060. The van der Waals surface area contributed by atoms with E-state index in [1.165, 1.54) is 7.11 Å². The Labute approximate surface area is 235 Å². The number of imide groups is 1. The molecule has 3 aliphatic heterocycles. The SMILES string of the molecule is COc1c(N2CCN(CCC3CCN(NC(=O)OC(C)(C)C)CC3)CC2)ccc(NC2CCC(=O)NC2=O)c1F. The van der Waals surface area contributed by atoms with Crippen molar-refractivity contribution in [2.45, 2.75) is 64.5 Å². The van der Waals surface area contributed by atoms with Gasteiger partial charge >= 0.3 is 6.09 Å². The number of halogens is 1. The number of carbonyl (C=O) groups excluding carboxylic acids is 3. The average Bonchev–Trinajstić information content (AvgIpc) is 2.90. The summed E-state index contributed by atoms with van der Waals surface area (Å²) in [5.74, 6) is -0.531. The molecule has 11 nitrogen and oxygen atoms in total. The van der Waals surface area contributed by atoms with E-state index in [1.807, 2.05) is 31.8 Å². The minimum Gasteiger partial charge on any atom is -0.492 e. The van der Waals surface area contributed by atoms with E-state index in [-0.39, 0.29) is 23.8 Å². The lowest BCUT2D eigenvalue weighted by Crippen LogP contribution is -2.49. The Morgan fingerprint density at radius 2 is 1.77 bits per heavy atom. The zero-order chi connectivity index (χ0) is 28.9. The van der Waals surface area contributed by atoms with Crippen LogP contribution in [0.4, 0.5) is 20.6 Å². The lowest BCUT2D eigenvalue weighted by atomic mass is 9.94. The summed E-state index contributed by atoms with van der Waals surface area (Å²) in [5.41, 5.74) is 3.21. The Balaban J connectivity index is 1.22. The fraction of sp³-hybridized carbons (Fsp3) is 0.679. The number of carbonyl (C=O) groups is 3. The number of methoxy groups -OCH3 is 1. The fourth-order valence-corrected chi connectivity index (χ4v) is 5.46. The quantitative estimate of drug-likeness (QED) is 0.412. The van der Waals surface area contributed by atoms with E-state index >= 15 is 4.39 Å². The van der Waals surface area contributed by atoms with Gasteiger partial charge in [-0.25, -0.2) is 14.2 Å². The van der Waals surface area contributed by atoms with Crippen molar-refractivity contribution in [2.24, 2.45) is 5.92 Å². The second-order valence-corrected chi connectivity index (χ2v) is 11.8. The van der Waals surface area contributed by atoms with E-state index in [2.05, 4.69) is 25.9 Å². The Morgan fingerprint density at radius 3 is 2.40 bits per heavy atom. The van der Waals surface area contributed by atoms with E-state index in [0.29, 0.717) is 18.0 Å². The highest BCUT2D eigenvalue weighted by Crippen LogP contribution is 2.36. The van der Waals surface area contributed by atoms with Crippen LogP contribution in [0.15, 0.2) is 12.1 Å². The maximum absolute atomic E-state index is 15.4. The smallest absolute Gasteiger partial charge is 0.422 e. The summed E-state index contributed by atoms with van der Waals surface area (Å²) in [7, 11) is 1.45. The van der Waals surface area contributed by atoms with Crippen LogP contribution < -0.4 is 25.7 Å². The van der Waals surface area contributed by atoms with Crippen molar-refractivity contribution in [3.05, 3.63) is 17.9 Å². The predicted octanol–water partition coefficient (Wildman–Crippen LogP) is 2.72. The molecular formula is C28H43FN6O5. The number of anilines is 2. The third kappa shape index (κ3) is 7.97. The monoisotopic (exact) mass is 562 g/mol. The van der Waals surface area contributed by atoms with Gasteiger partial charge < -0.3 is 19.7 Å². The summed E-state index contributed by atoms with van der Waals surface area (Å²) in [6.45, 7) is 11.5. The zero-order valence-electron chi connectivity index (χ0n) is 24.1. The summed E-state index contributed by atoms with van der Waals surface area (Å²) >= 11 is 0. The summed E-state index contributed by atoms with van der Waals surface area (Å²) in [4.78, 5) is 40.1. The summed E-state index contributed by atoms with van der Waals surface area (Å²) in [6.07, 6.45) is 3.31. The first-order chi connectivity index (χ1) is 19.0. The molecule has 3 saturated heterocycles. The molecule has 0 aliphatic carbocycles.